The molecule has 0 atom stereocenters. The Bertz CT molecular complexity index is 430. The second kappa shape index (κ2) is 6.54. The molecule has 0 heterocycles. The Balaban J connectivity index is 0.00000112. The van der Waals surface area contributed by atoms with Crippen LogP contribution in [-0.2, 0) is 0 Å². The largest absolute Gasteiger partial charge is 0.289 e. The first-order valence-electron chi connectivity index (χ1n) is 5.16. The molecule has 0 spiro atoms. The van der Waals surface area contributed by atoms with Crippen molar-refractivity contribution in [2.75, 3.05) is 0 Å². The van der Waals surface area contributed by atoms with Gasteiger partial charge in [-0.2, -0.15) is 0 Å². The van der Waals surface area contributed by atoms with Crippen LogP contribution in [0.1, 0.15) is 51.7 Å². The minimum Gasteiger partial charge on any atom is -0.289 e. The van der Waals surface area contributed by atoms with Gasteiger partial charge in [0.05, 0.1) is 0 Å². The van der Waals surface area contributed by atoms with Crippen LogP contribution in [0.15, 0.2) is 15.9 Å². The zero-order valence-electron chi connectivity index (χ0n) is 10.0. The van der Waals surface area contributed by atoms with E-state index in [1.54, 1.807) is 0 Å². The van der Waals surface area contributed by atoms with Gasteiger partial charge < -0.3 is 0 Å². The molecule has 0 saturated carbocycles. The number of fused-ring (bicyclic) bond motifs is 1. The van der Waals surface area contributed by atoms with E-state index in [0.29, 0.717) is 0 Å². The standard InChI is InChI=1S/C13H16O.2Ar/c1-7-5-6-8(2)10(4)12-11(9(7)3)13(12)14;;/h5-6H2,1-4H3;;/b9-7-,10-8-;;. The molecule has 0 fully saturated rings. The molecule has 1 nitrogen and oxygen atoms in total. The van der Waals surface area contributed by atoms with E-state index in [4.69, 9.17) is 0 Å². The Morgan fingerprint density at radius 1 is 0.750 bits per heavy atom. The number of allylic oxidation sites excluding steroid dienone is 4. The molecular weight excluding hydrogens is 252 g/mol. The fourth-order valence-electron chi connectivity index (χ4n) is 2.06. The summed E-state index contributed by atoms with van der Waals surface area (Å²) in [5.41, 5.74) is 7.46. The van der Waals surface area contributed by atoms with Crippen LogP contribution < -0.4 is 5.43 Å². The van der Waals surface area contributed by atoms with Crippen LogP contribution in [0, 0.1) is 75.5 Å². The summed E-state index contributed by atoms with van der Waals surface area (Å²) in [6, 6.07) is 0. The van der Waals surface area contributed by atoms with Crippen molar-refractivity contribution in [2.24, 2.45) is 0 Å². The van der Waals surface area contributed by atoms with E-state index in [1.807, 2.05) is 0 Å². The van der Waals surface area contributed by atoms with Gasteiger partial charge in [-0.15, -0.1) is 0 Å². The molecule has 1 aliphatic carbocycles. The molecule has 16 heavy (non-hydrogen) atoms. The van der Waals surface area contributed by atoms with Crippen molar-refractivity contribution in [3.8, 4) is 0 Å². The molecule has 1 aromatic carbocycles. The molecule has 0 N–H and O–H groups in total. The Hall–Kier alpha value is 1.41. The molecule has 1 aromatic rings. The summed E-state index contributed by atoms with van der Waals surface area (Å²) in [5.74, 6) is 0. The molecular formula is C13H16Ar2O. The van der Waals surface area contributed by atoms with Gasteiger partial charge >= 0.3 is 0 Å². The van der Waals surface area contributed by atoms with E-state index in [2.05, 4.69) is 27.7 Å². The fraction of sp³-hybridized carbons (Fsp3) is 0.462. The van der Waals surface area contributed by atoms with Gasteiger partial charge in [0.2, 0.25) is 0 Å². The van der Waals surface area contributed by atoms with Crippen molar-refractivity contribution in [2.45, 2.75) is 40.5 Å². The summed E-state index contributed by atoms with van der Waals surface area (Å²) in [7, 11) is 0. The SMILES string of the molecule is C/C1=C(\C)c2c(c2=O)/C(C)=C(/C)CC1.[Ar].[Ar]. The van der Waals surface area contributed by atoms with Crippen LogP contribution in [0.2, 0.25) is 0 Å². The summed E-state index contributed by atoms with van der Waals surface area (Å²) in [6.45, 7) is 8.42. The molecule has 0 bridgehead atoms. The second-order valence-corrected chi connectivity index (χ2v) is 4.39. The van der Waals surface area contributed by atoms with Crippen LogP contribution in [-0.4, -0.2) is 0 Å². The van der Waals surface area contributed by atoms with Crippen molar-refractivity contribution in [1.82, 2.24) is 0 Å². The quantitative estimate of drug-likeness (QED) is 0.705. The Kier molecular flexibility index (Phi) is 7.12. The number of hydrogen-bond donors (Lipinski definition) is 0. The normalized spacial score (nSPS) is 25.2. The summed E-state index contributed by atoms with van der Waals surface area (Å²) in [4.78, 5) is 11.6. The number of rotatable bonds is 0. The monoisotopic (exact) mass is 268 g/mol. The van der Waals surface area contributed by atoms with Gasteiger partial charge in [0.15, 0.2) is 5.43 Å². The number of hydrogen-bond acceptors (Lipinski definition) is 1. The third-order valence-corrected chi connectivity index (χ3v) is 3.55. The van der Waals surface area contributed by atoms with Crippen molar-refractivity contribution in [3.63, 3.8) is 0 Å². The van der Waals surface area contributed by atoms with Crippen LogP contribution in [0.25, 0.3) is 11.1 Å². The summed E-state index contributed by atoms with van der Waals surface area (Å²) < 4.78 is 0. The average Bonchev–Trinajstić information content (AvgIpc) is 2.82. The van der Waals surface area contributed by atoms with Crippen LogP contribution in [0.4, 0.5) is 0 Å². The van der Waals surface area contributed by atoms with Crippen molar-refractivity contribution in [3.05, 3.63) is 32.5 Å². The molecule has 1 aliphatic rings. The van der Waals surface area contributed by atoms with Gasteiger partial charge in [0.1, 0.15) is 0 Å². The minimum absolute atomic E-state index is 0. The van der Waals surface area contributed by atoms with Crippen LogP contribution in [0.3, 0.4) is 0 Å². The van der Waals surface area contributed by atoms with Crippen molar-refractivity contribution in [1.29, 1.82) is 0 Å². The van der Waals surface area contributed by atoms with Crippen molar-refractivity contribution >= 4 is 11.1 Å². The molecule has 0 unspecified atom stereocenters. The van der Waals surface area contributed by atoms with Crippen molar-refractivity contribution < 1.29 is 75.5 Å². The maximum absolute atomic E-state index is 11.6. The summed E-state index contributed by atoms with van der Waals surface area (Å²) in [6.07, 6.45) is 2.19. The Morgan fingerprint density at radius 2 is 1.06 bits per heavy atom. The van der Waals surface area contributed by atoms with Crippen LogP contribution in [0.5, 0.6) is 0 Å². The smallest absolute Gasteiger partial charge is 0.195 e. The fourth-order valence-corrected chi connectivity index (χ4v) is 2.06. The van der Waals surface area contributed by atoms with E-state index in [0.717, 1.165) is 24.0 Å². The van der Waals surface area contributed by atoms with Gasteiger partial charge in [0, 0.05) is 86.6 Å². The minimum atomic E-state index is 0. The average molecular weight is 268 g/mol. The Labute approximate surface area is 157 Å². The third-order valence-electron chi connectivity index (χ3n) is 3.55. The molecule has 0 aromatic heterocycles. The Morgan fingerprint density at radius 3 is 1.38 bits per heavy atom. The summed E-state index contributed by atoms with van der Waals surface area (Å²) in [5, 5.41) is 0. The van der Waals surface area contributed by atoms with E-state index >= 15 is 0 Å². The molecule has 0 saturated heterocycles. The zero-order chi connectivity index (χ0) is 10.5. The first-order chi connectivity index (χ1) is 6.54. The summed E-state index contributed by atoms with van der Waals surface area (Å²) >= 11 is 0. The second-order valence-electron chi connectivity index (χ2n) is 4.39. The van der Waals surface area contributed by atoms with Gasteiger partial charge in [-0.3, -0.25) is 4.79 Å². The van der Waals surface area contributed by atoms with E-state index in [1.165, 1.54) is 22.3 Å². The molecule has 0 aliphatic heterocycles. The maximum Gasteiger partial charge on any atom is 0.195 e. The zero-order valence-corrected chi connectivity index (χ0v) is 11.4. The molecule has 3 heteroatoms. The predicted octanol–water partition coefficient (Wildman–Crippen LogP) is 3.30. The topological polar surface area (TPSA) is 17.1 Å². The first-order valence-corrected chi connectivity index (χ1v) is 5.16. The van der Waals surface area contributed by atoms with Crippen LogP contribution >= 0.6 is 0 Å². The van der Waals surface area contributed by atoms with Gasteiger partial charge in [-0.1, -0.05) is 11.1 Å². The van der Waals surface area contributed by atoms with E-state index < -0.39 is 0 Å². The predicted molar refractivity (Wildman–Crippen MR) is 60.9 cm³/mol. The third kappa shape index (κ3) is 3.05. The van der Waals surface area contributed by atoms with E-state index in [-0.39, 0.29) is 80.9 Å². The van der Waals surface area contributed by atoms with Gasteiger partial charge in [-0.05, 0) is 51.7 Å². The molecule has 90 valence electrons. The van der Waals surface area contributed by atoms with Gasteiger partial charge in [0.25, 0.3) is 0 Å². The molecule has 0 radical (unpaired) electrons. The molecule has 2 rings (SSSR count). The first kappa shape index (κ1) is 17.4. The van der Waals surface area contributed by atoms with E-state index in [9.17, 15) is 4.79 Å². The van der Waals surface area contributed by atoms with Gasteiger partial charge in [-0.25, -0.2) is 0 Å². The molecule has 0 amide bonds. The maximum atomic E-state index is 11.6.